The maximum atomic E-state index is 12.9. The van der Waals surface area contributed by atoms with Crippen LogP contribution in [0, 0.1) is 0 Å². The Morgan fingerprint density at radius 1 is 1.33 bits per heavy atom. The summed E-state index contributed by atoms with van der Waals surface area (Å²) in [4.78, 5) is 14.8. The summed E-state index contributed by atoms with van der Waals surface area (Å²) in [6, 6.07) is 7.76. The van der Waals surface area contributed by atoms with Crippen LogP contribution in [0.25, 0.3) is 0 Å². The molecule has 0 atom stereocenters. The van der Waals surface area contributed by atoms with E-state index in [9.17, 15) is 4.79 Å². The van der Waals surface area contributed by atoms with Crippen LogP contribution < -0.4 is 5.73 Å². The van der Waals surface area contributed by atoms with Crippen molar-refractivity contribution in [1.82, 2.24) is 4.90 Å². The van der Waals surface area contributed by atoms with Gasteiger partial charge in [0, 0.05) is 25.9 Å². The Hall–Kier alpha value is -1.81. The normalized spacial score (nSPS) is 20.0. The summed E-state index contributed by atoms with van der Waals surface area (Å²) in [6.07, 6.45) is 4.93. The summed E-state index contributed by atoms with van der Waals surface area (Å²) in [5, 5.41) is 0. The van der Waals surface area contributed by atoms with Gasteiger partial charge >= 0.3 is 0 Å². The monoisotopic (exact) mass is 286 g/mol. The highest BCUT2D eigenvalue weighted by atomic mass is 16.5. The lowest BCUT2D eigenvalue weighted by atomic mass is 9.93. The van der Waals surface area contributed by atoms with Gasteiger partial charge in [-0.05, 0) is 42.5 Å². The maximum absolute atomic E-state index is 12.9. The number of carbonyl (C=O) groups excluding carboxylic acids is 1. The number of benzene rings is 1. The predicted molar refractivity (Wildman–Crippen MR) is 82.9 cm³/mol. The van der Waals surface area contributed by atoms with Gasteiger partial charge in [0.15, 0.2) is 0 Å². The first-order valence-electron chi connectivity index (χ1n) is 7.48. The third-order valence-corrected chi connectivity index (χ3v) is 4.54. The molecule has 0 bridgehead atoms. The Morgan fingerprint density at radius 3 is 2.57 bits per heavy atom. The quantitative estimate of drug-likeness (QED) is 0.681. The van der Waals surface area contributed by atoms with Gasteiger partial charge in [0.25, 0.3) is 0 Å². The van der Waals surface area contributed by atoms with E-state index in [2.05, 4.69) is 6.08 Å². The van der Waals surface area contributed by atoms with Crippen molar-refractivity contribution in [3.05, 3.63) is 41.5 Å². The molecule has 1 aromatic rings. The molecular weight excluding hydrogens is 264 g/mol. The van der Waals surface area contributed by atoms with E-state index in [-0.39, 0.29) is 11.3 Å². The van der Waals surface area contributed by atoms with Gasteiger partial charge in [0.1, 0.15) is 0 Å². The van der Waals surface area contributed by atoms with Crippen molar-refractivity contribution in [3.63, 3.8) is 0 Å². The Kier molecular flexibility index (Phi) is 3.72. The van der Waals surface area contributed by atoms with Crippen LogP contribution in [0.15, 0.2) is 35.9 Å². The van der Waals surface area contributed by atoms with Crippen LogP contribution in [-0.4, -0.2) is 37.6 Å². The zero-order valence-corrected chi connectivity index (χ0v) is 12.5. The average Bonchev–Trinajstić information content (AvgIpc) is 3.30. The fourth-order valence-corrected chi connectivity index (χ4v) is 3.07. The lowest BCUT2D eigenvalue weighted by molar-refractivity contribution is -0.133. The smallest absolute Gasteiger partial charge is 0.233 e. The van der Waals surface area contributed by atoms with E-state index in [1.165, 1.54) is 5.57 Å². The number of hydrogen-bond acceptors (Lipinski definition) is 3. The molecule has 0 unspecified atom stereocenters. The van der Waals surface area contributed by atoms with Crippen LogP contribution in [0.4, 0.5) is 5.69 Å². The van der Waals surface area contributed by atoms with Gasteiger partial charge < -0.3 is 15.4 Å². The lowest BCUT2D eigenvalue weighted by Gasteiger charge is -2.30. The molecule has 1 saturated carbocycles. The predicted octanol–water partition coefficient (Wildman–Crippen LogP) is 2.11. The first kappa shape index (κ1) is 14.1. The molecule has 1 aromatic carbocycles. The molecule has 1 aliphatic heterocycles. The van der Waals surface area contributed by atoms with Gasteiger partial charge in [-0.1, -0.05) is 18.2 Å². The molecule has 0 radical (unpaired) electrons. The van der Waals surface area contributed by atoms with Crippen molar-refractivity contribution in [2.75, 3.05) is 32.5 Å². The molecule has 21 heavy (non-hydrogen) atoms. The van der Waals surface area contributed by atoms with Gasteiger partial charge in [-0.3, -0.25) is 4.79 Å². The van der Waals surface area contributed by atoms with E-state index in [0.717, 1.165) is 37.1 Å². The van der Waals surface area contributed by atoms with Gasteiger partial charge in [0.2, 0.25) is 5.91 Å². The highest BCUT2D eigenvalue weighted by molar-refractivity contribution is 5.91. The van der Waals surface area contributed by atoms with Gasteiger partial charge in [-0.25, -0.2) is 0 Å². The molecule has 0 aromatic heterocycles. The molecule has 112 valence electrons. The maximum Gasteiger partial charge on any atom is 0.233 e. The minimum atomic E-state index is -0.291. The number of amides is 1. The number of ether oxygens (including phenoxy) is 1. The van der Waals surface area contributed by atoms with Crippen molar-refractivity contribution in [2.24, 2.45) is 0 Å². The molecule has 1 amide bonds. The number of nitrogens with zero attached hydrogens (tertiary/aromatic N) is 1. The second-order valence-electron chi connectivity index (χ2n) is 6.00. The summed E-state index contributed by atoms with van der Waals surface area (Å²) in [5.74, 6) is 0.264. The Labute approximate surface area is 125 Å². The third kappa shape index (κ3) is 2.68. The summed E-state index contributed by atoms with van der Waals surface area (Å²) in [6.45, 7) is 2.17. The van der Waals surface area contributed by atoms with E-state index in [0.29, 0.717) is 13.2 Å². The van der Waals surface area contributed by atoms with E-state index < -0.39 is 0 Å². The second-order valence-corrected chi connectivity index (χ2v) is 6.00. The summed E-state index contributed by atoms with van der Waals surface area (Å²) in [7, 11) is 1.71. The largest absolute Gasteiger partial charge is 0.399 e. The Morgan fingerprint density at radius 2 is 2.05 bits per heavy atom. The fraction of sp³-hybridized carbons (Fsp3) is 0.471. The zero-order chi connectivity index (χ0) is 14.9. The molecule has 1 fully saturated rings. The number of methoxy groups -OCH3 is 1. The average molecular weight is 286 g/mol. The van der Waals surface area contributed by atoms with Crippen molar-refractivity contribution >= 4 is 11.6 Å². The number of anilines is 1. The molecule has 1 aliphatic carbocycles. The summed E-state index contributed by atoms with van der Waals surface area (Å²) >= 11 is 0. The minimum absolute atomic E-state index is 0.264. The van der Waals surface area contributed by atoms with Gasteiger partial charge in [-0.15, -0.1) is 0 Å². The molecule has 1 heterocycles. The molecule has 2 aliphatic rings. The minimum Gasteiger partial charge on any atom is -0.399 e. The van der Waals surface area contributed by atoms with E-state index in [1.807, 2.05) is 29.2 Å². The highest BCUT2D eigenvalue weighted by Gasteiger charge is 2.52. The molecule has 3 rings (SSSR count). The number of rotatable bonds is 4. The molecule has 4 heteroatoms. The molecule has 4 nitrogen and oxygen atoms in total. The van der Waals surface area contributed by atoms with E-state index in [4.69, 9.17) is 10.5 Å². The second kappa shape index (κ2) is 5.53. The molecule has 0 saturated heterocycles. The lowest BCUT2D eigenvalue weighted by Crippen LogP contribution is -2.42. The van der Waals surface area contributed by atoms with Crippen LogP contribution >= 0.6 is 0 Å². The van der Waals surface area contributed by atoms with Crippen LogP contribution in [0.3, 0.4) is 0 Å². The standard InChI is InChI=1S/C17H22N2O2/c1-21-12-13-6-10-19(11-7-13)16(20)17(8-9-17)14-2-4-15(18)5-3-14/h2-6H,7-12,18H2,1H3. The Balaban J connectivity index is 1.72. The highest BCUT2D eigenvalue weighted by Crippen LogP contribution is 2.50. The van der Waals surface area contributed by atoms with Crippen LogP contribution in [0.1, 0.15) is 24.8 Å². The number of nitrogens with two attached hydrogens (primary N) is 1. The van der Waals surface area contributed by atoms with Crippen LogP contribution in [-0.2, 0) is 14.9 Å². The van der Waals surface area contributed by atoms with E-state index >= 15 is 0 Å². The van der Waals surface area contributed by atoms with Crippen molar-refractivity contribution in [2.45, 2.75) is 24.7 Å². The molecular formula is C17H22N2O2. The fourth-order valence-electron chi connectivity index (χ4n) is 3.07. The van der Waals surface area contributed by atoms with E-state index in [1.54, 1.807) is 7.11 Å². The summed E-state index contributed by atoms with van der Waals surface area (Å²) in [5.41, 5.74) is 8.58. The van der Waals surface area contributed by atoms with Gasteiger partial charge in [0.05, 0.1) is 12.0 Å². The first-order chi connectivity index (χ1) is 10.2. The van der Waals surface area contributed by atoms with Crippen LogP contribution in [0.5, 0.6) is 0 Å². The van der Waals surface area contributed by atoms with Crippen molar-refractivity contribution in [1.29, 1.82) is 0 Å². The third-order valence-electron chi connectivity index (χ3n) is 4.54. The SMILES string of the molecule is COCC1=CCN(C(=O)C2(c3ccc(N)cc3)CC2)CC1. The molecule has 0 spiro atoms. The van der Waals surface area contributed by atoms with Crippen LogP contribution in [0.2, 0.25) is 0 Å². The number of nitrogen functional groups attached to an aromatic ring is 1. The number of carbonyl (C=O) groups is 1. The molecule has 2 N–H and O–H groups in total. The number of hydrogen-bond donors (Lipinski definition) is 1. The van der Waals surface area contributed by atoms with Gasteiger partial charge in [-0.2, -0.15) is 0 Å². The zero-order valence-electron chi connectivity index (χ0n) is 12.5. The summed E-state index contributed by atoms with van der Waals surface area (Å²) < 4.78 is 5.15. The Bertz CT molecular complexity index is 559. The first-order valence-corrected chi connectivity index (χ1v) is 7.48. The van der Waals surface area contributed by atoms with Crippen molar-refractivity contribution < 1.29 is 9.53 Å². The van der Waals surface area contributed by atoms with Crippen molar-refractivity contribution in [3.8, 4) is 0 Å². The topological polar surface area (TPSA) is 55.6 Å².